The third kappa shape index (κ3) is 2.99. The Kier molecular flexibility index (Phi) is 4.40. The van der Waals surface area contributed by atoms with Gasteiger partial charge in [0.15, 0.2) is 0 Å². The topological polar surface area (TPSA) is 58.4 Å². The van der Waals surface area contributed by atoms with E-state index in [9.17, 15) is 4.79 Å². The smallest absolute Gasteiger partial charge is 0.237 e. The van der Waals surface area contributed by atoms with E-state index in [2.05, 4.69) is 17.1 Å². The Morgan fingerprint density at radius 2 is 2.06 bits per heavy atom. The van der Waals surface area contributed by atoms with Gasteiger partial charge in [-0.25, -0.2) is 0 Å². The predicted molar refractivity (Wildman–Crippen MR) is 68.6 cm³/mol. The number of nitrogens with one attached hydrogen (secondary N) is 1. The van der Waals surface area contributed by atoms with Gasteiger partial charge in [-0.3, -0.25) is 9.69 Å². The highest BCUT2D eigenvalue weighted by molar-refractivity contribution is 5.82. The second-order valence-electron chi connectivity index (χ2n) is 5.49. The summed E-state index contributed by atoms with van der Waals surface area (Å²) in [6.45, 7) is 3.67. The molecular weight excluding hydrogens is 214 g/mol. The molecule has 1 amide bonds. The monoisotopic (exact) mass is 239 g/mol. The fourth-order valence-corrected chi connectivity index (χ4v) is 3.25. The van der Waals surface area contributed by atoms with Crippen LogP contribution in [-0.4, -0.2) is 42.0 Å². The van der Waals surface area contributed by atoms with Crippen LogP contribution in [0.1, 0.15) is 45.4 Å². The Balaban J connectivity index is 2.05. The number of nitrogens with zero attached hydrogens (tertiary/aromatic N) is 1. The van der Waals surface area contributed by atoms with Gasteiger partial charge in [-0.15, -0.1) is 0 Å². The molecule has 1 heterocycles. The van der Waals surface area contributed by atoms with Gasteiger partial charge < -0.3 is 11.1 Å². The van der Waals surface area contributed by atoms with Crippen LogP contribution in [0.25, 0.3) is 0 Å². The van der Waals surface area contributed by atoms with Crippen molar-refractivity contribution in [3.05, 3.63) is 0 Å². The normalized spacial score (nSPS) is 32.5. The van der Waals surface area contributed by atoms with Gasteiger partial charge in [0, 0.05) is 18.6 Å². The average Bonchev–Trinajstić information content (AvgIpc) is 2.33. The number of rotatable bonds is 3. The van der Waals surface area contributed by atoms with Crippen molar-refractivity contribution in [1.29, 1.82) is 0 Å². The van der Waals surface area contributed by atoms with Crippen molar-refractivity contribution in [1.82, 2.24) is 10.2 Å². The summed E-state index contributed by atoms with van der Waals surface area (Å²) >= 11 is 0. The molecule has 0 aromatic rings. The van der Waals surface area contributed by atoms with Gasteiger partial charge in [0.25, 0.3) is 0 Å². The Morgan fingerprint density at radius 3 is 2.71 bits per heavy atom. The molecular formula is C13H25N3O. The van der Waals surface area contributed by atoms with E-state index >= 15 is 0 Å². The minimum Gasteiger partial charge on any atom is -0.351 e. The largest absolute Gasteiger partial charge is 0.351 e. The van der Waals surface area contributed by atoms with Gasteiger partial charge in [-0.05, 0) is 32.7 Å². The molecule has 17 heavy (non-hydrogen) atoms. The standard InChI is InChI=1S/C13H25N3O/c1-10-9-16(11-5-3-2-4-6-11)12(7-8-14)13(17)15-10/h10-12H,2-9,14H2,1H3,(H,15,17). The molecule has 2 fully saturated rings. The molecule has 4 nitrogen and oxygen atoms in total. The average molecular weight is 239 g/mol. The fourth-order valence-electron chi connectivity index (χ4n) is 3.25. The highest BCUT2D eigenvalue weighted by Gasteiger charge is 2.36. The summed E-state index contributed by atoms with van der Waals surface area (Å²) in [6.07, 6.45) is 7.27. The number of nitrogens with two attached hydrogens (primary N) is 1. The number of carbonyl (C=O) groups excluding carboxylic acids is 1. The maximum atomic E-state index is 12.0. The van der Waals surface area contributed by atoms with E-state index in [4.69, 9.17) is 5.73 Å². The van der Waals surface area contributed by atoms with Crippen LogP contribution in [0.5, 0.6) is 0 Å². The second kappa shape index (κ2) is 5.83. The highest BCUT2D eigenvalue weighted by Crippen LogP contribution is 2.26. The van der Waals surface area contributed by atoms with Crippen molar-refractivity contribution in [2.24, 2.45) is 5.73 Å². The molecule has 98 valence electrons. The summed E-state index contributed by atoms with van der Waals surface area (Å²) < 4.78 is 0. The van der Waals surface area contributed by atoms with E-state index in [-0.39, 0.29) is 18.0 Å². The van der Waals surface area contributed by atoms with E-state index in [1.807, 2.05) is 0 Å². The molecule has 1 aliphatic carbocycles. The van der Waals surface area contributed by atoms with Crippen LogP contribution in [0.2, 0.25) is 0 Å². The van der Waals surface area contributed by atoms with Crippen molar-refractivity contribution < 1.29 is 4.79 Å². The van der Waals surface area contributed by atoms with Crippen molar-refractivity contribution in [2.75, 3.05) is 13.1 Å². The Morgan fingerprint density at radius 1 is 1.35 bits per heavy atom. The molecule has 2 unspecified atom stereocenters. The minimum atomic E-state index is 0.0132. The summed E-state index contributed by atoms with van der Waals surface area (Å²) in [4.78, 5) is 14.5. The van der Waals surface area contributed by atoms with Gasteiger partial charge in [0.05, 0.1) is 6.04 Å². The first-order chi connectivity index (χ1) is 8.22. The summed E-state index contributed by atoms with van der Waals surface area (Å²) in [5.74, 6) is 0.180. The van der Waals surface area contributed by atoms with Crippen LogP contribution in [0.3, 0.4) is 0 Å². The SMILES string of the molecule is CC1CN(C2CCCCC2)C(CCN)C(=O)N1. The Bertz CT molecular complexity index is 263. The molecule has 0 spiro atoms. The third-order valence-corrected chi connectivity index (χ3v) is 4.06. The van der Waals surface area contributed by atoms with Gasteiger partial charge in [0.2, 0.25) is 5.91 Å². The summed E-state index contributed by atoms with van der Waals surface area (Å²) in [7, 11) is 0. The molecule has 2 atom stereocenters. The molecule has 1 aliphatic heterocycles. The lowest BCUT2D eigenvalue weighted by atomic mass is 9.91. The number of amides is 1. The molecule has 0 bridgehead atoms. The lowest BCUT2D eigenvalue weighted by Gasteiger charge is -2.44. The van der Waals surface area contributed by atoms with E-state index in [0.29, 0.717) is 12.6 Å². The quantitative estimate of drug-likeness (QED) is 0.768. The molecule has 0 radical (unpaired) electrons. The van der Waals surface area contributed by atoms with Crippen LogP contribution >= 0.6 is 0 Å². The van der Waals surface area contributed by atoms with Gasteiger partial charge in [-0.1, -0.05) is 19.3 Å². The maximum Gasteiger partial charge on any atom is 0.237 e. The summed E-state index contributed by atoms with van der Waals surface area (Å²) in [5, 5.41) is 3.05. The van der Waals surface area contributed by atoms with Crippen LogP contribution in [0.4, 0.5) is 0 Å². The highest BCUT2D eigenvalue weighted by atomic mass is 16.2. The van der Waals surface area contributed by atoms with Crippen molar-refractivity contribution in [3.63, 3.8) is 0 Å². The molecule has 2 aliphatic rings. The van der Waals surface area contributed by atoms with Crippen LogP contribution in [0, 0.1) is 0 Å². The Labute approximate surface area is 104 Å². The van der Waals surface area contributed by atoms with Gasteiger partial charge in [0.1, 0.15) is 0 Å². The third-order valence-electron chi connectivity index (χ3n) is 4.06. The van der Waals surface area contributed by atoms with E-state index < -0.39 is 0 Å². The molecule has 2 rings (SSSR count). The van der Waals surface area contributed by atoms with Gasteiger partial charge >= 0.3 is 0 Å². The van der Waals surface area contributed by atoms with E-state index in [1.165, 1.54) is 32.1 Å². The zero-order valence-electron chi connectivity index (χ0n) is 10.8. The van der Waals surface area contributed by atoms with Gasteiger partial charge in [-0.2, -0.15) is 0 Å². The molecule has 1 saturated heterocycles. The fraction of sp³-hybridized carbons (Fsp3) is 0.923. The van der Waals surface area contributed by atoms with Crippen LogP contribution in [-0.2, 0) is 4.79 Å². The molecule has 1 saturated carbocycles. The maximum absolute atomic E-state index is 12.0. The number of piperazine rings is 1. The number of hydrogen-bond donors (Lipinski definition) is 2. The van der Waals surface area contributed by atoms with Crippen molar-refractivity contribution in [3.8, 4) is 0 Å². The first-order valence-electron chi connectivity index (χ1n) is 6.98. The zero-order valence-corrected chi connectivity index (χ0v) is 10.8. The number of carbonyl (C=O) groups is 1. The molecule has 0 aromatic heterocycles. The van der Waals surface area contributed by atoms with Crippen LogP contribution in [0.15, 0.2) is 0 Å². The minimum absolute atomic E-state index is 0.0132. The lowest BCUT2D eigenvalue weighted by molar-refractivity contribution is -0.132. The molecule has 0 aromatic carbocycles. The second-order valence-corrected chi connectivity index (χ2v) is 5.49. The lowest BCUT2D eigenvalue weighted by Crippen LogP contribution is -2.62. The predicted octanol–water partition coefficient (Wildman–Crippen LogP) is 0.857. The Hall–Kier alpha value is -0.610. The van der Waals surface area contributed by atoms with Crippen LogP contribution < -0.4 is 11.1 Å². The van der Waals surface area contributed by atoms with Crippen molar-refractivity contribution >= 4 is 5.91 Å². The first-order valence-corrected chi connectivity index (χ1v) is 6.98. The molecule has 4 heteroatoms. The van der Waals surface area contributed by atoms with E-state index in [0.717, 1.165) is 13.0 Å². The van der Waals surface area contributed by atoms with E-state index in [1.54, 1.807) is 0 Å². The first kappa shape index (κ1) is 12.8. The summed E-state index contributed by atoms with van der Waals surface area (Å²) in [6, 6.07) is 0.895. The zero-order chi connectivity index (χ0) is 12.3. The van der Waals surface area contributed by atoms with Crippen molar-refractivity contribution in [2.45, 2.75) is 63.6 Å². The molecule has 3 N–H and O–H groups in total. The summed E-state index contributed by atoms with van der Waals surface area (Å²) in [5.41, 5.74) is 5.64. The number of hydrogen-bond acceptors (Lipinski definition) is 3.